The molecule has 3 heterocycles. The summed E-state index contributed by atoms with van der Waals surface area (Å²) in [6.07, 6.45) is -1.64. The first kappa shape index (κ1) is 27.2. The first-order valence-corrected chi connectivity index (χ1v) is 12.6. The third-order valence-electron chi connectivity index (χ3n) is 6.80. The lowest BCUT2D eigenvalue weighted by Crippen LogP contribution is -2.21. The van der Waals surface area contributed by atoms with Gasteiger partial charge in [0.2, 0.25) is 0 Å². The fraction of sp³-hybridized carbons (Fsp3) is 0.0690. The van der Waals surface area contributed by atoms with Gasteiger partial charge in [-0.05, 0) is 71.8 Å². The molecule has 0 aliphatic carbocycles. The second-order valence-corrected chi connectivity index (χ2v) is 9.99. The van der Waals surface area contributed by atoms with Crippen LogP contribution in [0.4, 0.5) is 33.5 Å². The lowest BCUT2D eigenvalue weighted by Gasteiger charge is -2.19. The van der Waals surface area contributed by atoms with Crippen LogP contribution in [0.5, 0.6) is 0 Å². The number of carbonyl (C=O) groups excluding carboxylic acids is 2. The molecular formula is C29H17ClF5N5O2. The number of nitrogens with zero attached hydrogens (tertiary/aromatic N) is 2. The van der Waals surface area contributed by atoms with Gasteiger partial charge in [0.05, 0.1) is 17.8 Å². The number of nitrogen functional groups attached to an aromatic ring is 1. The number of imidazole rings is 1. The van der Waals surface area contributed by atoms with Gasteiger partial charge in [-0.25, -0.2) is 13.8 Å². The minimum atomic E-state index is -4.90. The van der Waals surface area contributed by atoms with Crippen molar-refractivity contribution in [3.63, 3.8) is 0 Å². The molecule has 1 aliphatic rings. The van der Waals surface area contributed by atoms with Crippen LogP contribution in [0.2, 0.25) is 5.02 Å². The van der Waals surface area contributed by atoms with E-state index in [-0.39, 0.29) is 39.3 Å². The molecule has 1 atom stereocenters. The fourth-order valence-electron chi connectivity index (χ4n) is 4.93. The van der Waals surface area contributed by atoms with Crippen molar-refractivity contribution in [1.82, 2.24) is 14.7 Å². The zero-order valence-corrected chi connectivity index (χ0v) is 21.8. The molecule has 1 unspecified atom stereocenters. The van der Waals surface area contributed by atoms with Gasteiger partial charge in [0.1, 0.15) is 23.1 Å². The van der Waals surface area contributed by atoms with Gasteiger partial charge in [-0.1, -0.05) is 11.6 Å². The smallest absolute Gasteiger partial charge is 0.382 e. The Morgan fingerprint density at radius 2 is 1.76 bits per heavy atom. The number of benzene rings is 3. The fourth-order valence-corrected chi connectivity index (χ4v) is 5.16. The number of fused-ring (bicyclic) bond motifs is 2. The lowest BCUT2D eigenvalue weighted by atomic mass is 9.93. The van der Waals surface area contributed by atoms with Crippen LogP contribution in [0.15, 0.2) is 73.1 Å². The predicted octanol–water partition coefficient (Wildman–Crippen LogP) is 6.62. The van der Waals surface area contributed by atoms with Crippen LogP contribution in [0.3, 0.4) is 0 Å². The number of alkyl halides is 3. The number of rotatable bonds is 4. The second-order valence-electron chi connectivity index (χ2n) is 9.59. The van der Waals surface area contributed by atoms with Crippen molar-refractivity contribution in [2.75, 3.05) is 11.1 Å². The lowest BCUT2D eigenvalue weighted by molar-refractivity contribution is -0.137. The molecule has 4 N–H and O–H groups in total. The molecule has 13 heteroatoms. The minimum Gasteiger partial charge on any atom is -0.382 e. The van der Waals surface area contributed by atoms with Gasteiger partial charge in [-0.2, -0.15) is 13.2 Å². The van der Waals surface area contributed by atoms with Gasteiger partial charge in [0, 0.05) is 39.2 Å². The maximum atomic E-state index is 14.2. The van der Waals surface area contributed by atoms with E-state index in [2.05, 4.69) is 15.6 Å². The average molecular weight is 598 g/mol. The Hall–Kier alpha value is -4.97. The Balaban J connectivity index is 1.51. The summed E-state index contributed by atoms with van der Waals surface area (Å²) in [5.41, 5.74) is 5.90. The molecule has 2 aromatic heterocycles. The van der Waals surface area contributed by atoms with E-state index < -0.39 is 46.8 Å². The highest BCUT2D eigenvalue weighted by atomic mass is 35.5. The molecule has 0 saturated heterocycles. The first-order chi connectivity index (χ1) is 19.9. The highest BCUT2D eigenvalue weighted by Gasteiger charge is 2.36. The van der Waals surface area contributed by atoms with E-state index in [0.717, 1.165) is 12.1 Å². The molecule has 0 spiro atoms. The number of anilines is 2. The van der Waals surface area contributed by atoms with Gasteiger partial charge < -0.3 is 20.8 Å². The number of nitrogens with one attached hydrogen (secondary N) is 2. The van der Waals surface area contributed by atoms with Crippen molar-refractivity contribution in [3.05, 3.63) is 118 Å². The summed E-state index contributed by atoms with van der Waals surface area (Å²) in [7, 11) is 0. The molecule has 0 radical (unpaired) electrons. The van der Waals surface area contributed by atoms with Crippen LogP contribution in [0, 0.1) is 11.6 Å². The molecule has 3 aromatic carbocycles. The molecule has 2 amide bonds. The number of hydrogen-bond donors (Lipinski definition) is 3. The molecule has 7 nitrogen and oxygen atoms in total. The van der Waals surface area contributed by atoms with Gasteiger partial charge in [0.15, 0.2) is 0 Å². The van der Waals surface area contributed by atoms with E-state index in [4.69, 9.17) is 17.3 Å². The van der Waals surface area contributed by atoms with E-state index in [0.29, 0.717) is 28.9 Å². The SMILES string of the molecule is Nc1cn2cc(-c3cc(NC(=O)c4cc(F)cc(C(F)(F)F)c4)c4c(c3)C(=O)NC4c3cc(F)ccc3Cl)ccc2n1. The highest BCUT2D eigenvalue weighted by molar-refractivity contribution is 6.31. The first-order valence-electron chi connectivity index (χ1n) is 12.2. The average Bonchev–Trinajstić information content (AvgIpc) is 3.47. The molecule has 212 valence electrons. The third kappa shape index (κ3) is 4.90. The summed E-state index contributed by atoms with van der Waals surface area (Å²) >= 11 is 6.33. The summed E-state index contributed by atoms with van der Waals surface area (Å²) in [6, 6.07) is 10.4. The van der Waals surface area contributed by atoms with Gasteiger partial charge in [-0.15, -0.1) is 0 Å². The number of carbonyl (C=O) groups is 2. The molecule has 0 bridgehead atoms. The van der Waals surface area contributed by atoms with Crippen molar-refractivity contribution < 1.29 is 31.5 Å². The molecule has 6 rings (SSSR count). The molecule has 5 aromatic rings. The summed E-state index contributed by atoms with van der Waals surface area (Å²) in [4.78, 5) is 30.6. The standard InChI is InChI=1S/C29H17ClF5N5O2/c30-21-3-2-17(31)10-19(21)26-25-20(28(42)39-26)7-14(13-1-4-24-38-23(36)12-40(24)11-13)8-22(25)37-27(41)15-5-16(29(33,34)35)9-18(32)6-15/h1-12,26H,36H2,(H,37,41)(H,39,42). The third-order valence-corrected chi connectivity index (χ3v) is 7.14. The number of nitrogens with two attached hydrogens (primary N) is 1. The van der Waals surface area contributed by atoms with E-state index in [1.165, 1.54) is 12.1 Å². The number of amides is 2. The highest BCUT2D eigenvalue weighted by Crippen LogP contribution is 2.42. The second kappa shape index (κ2) is 9.84. The normalized spacial score (nSPS) is 14.6. The zero-order chi connectivity index (χ0) is 29.9. The topological polar surface area (TPSA) is 102 Å². The van der Waals surface area contributed by atoms with E-state index in [1.807, 2.05) is 0 Å². The summed E-state index contributed by atoms with van der Waals surface area (Å²) < 4.78 is 69.9. The molecular weight excluding hydrogens is 581 g/mol. The maximum Gasteiger partial charge on any atom is 0.416 e. The molecule has 0 saturated carbocycles. The van der Waals surface area contributed by atoms with Gasteiger partial charge in [0.25, 0.3) is 11.8 Å². The van der Waals surface area contributed by atoms with Crippen molar-refractivity contribution >= 4 is 40.6 Å². The number of aromatic nitrogens is 2. The largest absolute Gasteiger partial charge is 0.416 e. The van der Waals surface area contributed by atoms with Crippen LogP contribution in [0.1, 0.15) is 43.4 Å². The minimum absolute atomic E-state index is 0.0132. The quantitative estimate of drug-likeness (QED) is 0.203. The summed E-state index contributed by atoms with van der Waals surface area (Å²) in [5, 5.41) is 5.38. The van der Waals surface area contributed by atoms with E-state index >= 15 is 0 Å². The van der Waals surface area contributed by atoms with Crippen LogP contribution in [-0.2, 0) is 6.18 Å². The molecule has 1 aliphatic heterocycles. The van der Waals surface area contributed by atoms with Crippen molar-refractivity contribution in [2.24, 2.45) is 0 Å². The predicted molar refractivity (Wildman–Crippen MR) is 145 cm³/mol. The molecule has 0 fully saturated rings. The number of halogens is 6. The summed E-state index contributed by atoms with van der Waals surface area (Å²) in [5.74, 6) is -3.25. The maximum absolute atomic E-state index is 14.2. The Morgan fingerprint density at radius 3 is 2.52 bits per heavy atom. The van der Waals surface area contributed by atoms with Crippen LogP contribution < -0.4 is 16.4 Å². The van der Waals surface area contributed by atoms with Gasteiger partial charge in [-0.3, -0.25) is 9.59 Å². The monoisotopic (exact) mass is 597 g/mol. The molecule has 42 heavy (non-hydrogen) atoms. The summed E-state index contributed by atoms with van der Waals surface area (Å²) in [6.45, 7) is 0. The van der Waals surface area contributed by atoms with Crippen LogP contribution in [-0.4, -0.2) is 21.2 Å². The van der Waals surface area contributed by atoms with Crippen molar-refractivity contribution in [1.29, 1.82) is 0 Å². The number of hydrogen-bond acceptors (Lipinski definition) is 4. The Morgan fingerprint density at radius 1 is 0.976 bits per heavy atom. The van der Waals surface area contributed by atoms with Crippen molar-refractivity contribution in [3.8, 4) is 11.1 Å². The van der Waals surface area contributed by atoms with Crippen LogP contribution >= 0.6 is 11.6 Å². The van der Waals surface area contributed by atoms with E-state index in [1.54, 1.807) is 35.0 Å². The Kier molecular flexibility index (Phi) is 6.38. The van der Waals surface area contributed by atoms with Crippen LogP contribution in [0.25, 0.3) is 16.8 Å². The van der Waals surface area contributed by atoms with Crippen molar-refractivity contribution in [2.45, 2.75) is 12.2 Å². The number of pyridine rings is 1. The Labute approximate surface area is 238 Å². The van der Waals surface area contributed by atoms with E-state index in [9.17, 15) is 31.5 Å². The zero-order valence-electron chi connectivity index (χ0n) is 21.1. The van der Waals surface area contributed by atoms with Gasteiger partial charge >= 0.3 is 6.18 Å². The Bertz CT molecular complexity index is 1940.